The Bertz CT molecular complexity index is 394. The number of hydrogen-bond acceptors (Lipinski definition) is 2. The van der Waals surface area contributed by atoms with Gasteiger partial charge in [-0.3, -0.25) is 4.79 Å². The van der Waals surface area contributed by atoms with Crippen LogP contribution in [0.15, 0.2) is 30.3 Å². The first-order valence-electron chi connectivity index (χ1n) is 6.14. The molecular formula is C14H16F2O2. The molecule has 2 nitrogen and oxygen atoms in total. The highest BCUT2D eigenvalue weighted by molar-refractivity contribution is 5.79. The number of carbonyl (C=O) groups is 1. The van der Waals surface area contributed by atoms with Crippen LogP contribution in [0.25, 0.3) is 0 Å². The van der Waals surface area contributed by atoms with Crippen LogP contribution in [-0.4, -0.2) is 18.5 Å². The summed E-state index contributed by atoms with van der Waals surface area (Å²) in [5.74, 6) is -2.77. The summed E-state index contributed by atoms with van der Waals surface area (Å²) in [6.07, 6.45) is 1.80. The van der Waals surface area contributed by atoms with Crippen molar-refractivity contribution in [3.63, 3.8) is 0 Å². The first-order valence-corrected chi connectivity index (χ1v) is 6.14. The molecule has 0 radical (unpaired) electrons. The number of ether oxygens (including phenoxy) is 1. The first kappa shape index (κ1) is 13.1. The molecule has 0 bridgehead atoms. The van der Waals surface area contributed by atoms with Crippen LogP contribution in [0.3, 0.4) is 0 Å². The fraction of sp³-hybridized carbons (Fsp3) is 0.500. The minimum absolute atomic E-state index is 0.0307. The van der Waals surface area contributed by atoms with Crippen LogP contribution in [0.5, 0.6) is 0 Å². The lowest BCUT2D eigenvalue weighted by atomic mass is 9.96. The van der Waals surface area contributed by atoms with Gasteiger partial charge in [-0.1, -0.05) is 30.3 Å². The number of rotatable bonds is 4. The van der Waals surface area contributed by atoms with E-state index in [9.17, 15) is 13.6 Å². The average Bonchev–Trinajstić information content (AvgIpc) is 2.39. The Labute approximate surface area is 105 Å². The molecule has 2 rings (SSSR count). The molecule has 1 saturated carbocycles. The Morgan fingerprint density at radius 2 is 1.78 bits per heavy atom. The molecule has 0 atom stereocenters. The highest BCUT2D eigenvalue weighted by Crippen LogP contribution is 2.29. The molecule has 0 saturated heterocycles. The van der Waals surface area contributed by atoms with E-state index in [4.69, 9.17) is 4.74 Å². The van der Waals surface area contributed by atoms with E-state index in [2.05, 4.69) is 0 Å². The third-order valence-corrected chi connectivity index (χ3v) is 3.19. The van der Waals surface area contributed by atoms with Gasteiger partial charge in [0.2, 0.25) is 0 Å². The zero-order chi connectivity index (χ0) is 13.0. The molecule has 1 aromatic carbocycles. The molecule has 0 amide bonds. The minimum atomic E-state index is -2.97. The topological polar surface area (TPSA) is 26.3 Å². The van der Waals surface area contributed by atoms with Gasteiger partial charge in [-0.15, -0.1) is 0 Å². The monoisotopic (exact) mass is 254 g/mol. The molecule has 0 N–H and O–H groups in total. The maximum atomic E-state index is 13.8. The number of alkyl halides is 2. The zero-order valence-electron chi connectivity index (χ0n) is 10.1. The van der Waals surface area contributed by atoms with Gasteiger partial charge in [-0.2, -0.15) is 8.78 Å². The molecule has 18 heavy (non-hydrogen) atoms. The van der Waals surface area contributed by atoms with Gasteiger partial charge in [-0.05, 0) is 12.8 Å². The van der Waals surface area contributed by atoms with Crippen molar-refractivity contribution in [3.05, 3.63) is 35.9 Å². The van der Waals surface area contributed by atoms with Gasteiger partial charge in [0.05, 0.1) is 6.10 Å². The van der Waals surface area contributed by atoms with Crippen LogP contribution in [0, 0.1) is 0 Å². The maximum absolute atomic E-state index is 13.8. The molecule has 0 spiro atoms. The second kappa shape index (κ2) is 5.57. The third-order valence-electron chi connectivity index (χ3n) is 3.19. The summed E-state index contributed by atoms with van der Waals surface area (Å²) in [6, 6.07) is 7.67. The van der Waals surface area contributed by atoms with Crippen molar-refractivity contribution in [3.8, 4) is 0 Å². The Kier molecular flexibility index (Phi) is 4.07. The predicted molar refractivity (Wildman–Crippen MR) is 63.6 cm³/mol. The first-order chi connectivity index (χ1) is 8.58. The van der Waals surface area contributed by atoms with Crippen molar-refractivity contribution in [2.45, 2.75) is 37.7 Å². The Morgan fingerprint density at radius 1 is 1.17 bits per heavy atom. The molecular weight excluding hydrogens is 238 g/mol. The van der Waals surface area contributed by atoms with Crippen LogP contribution in [0.1, 0.15) is 31.2 Å². The van der Waals surface area contributed by atoms with E-state index in [0.717, 1.165) is 0 Å². The molecule has 0 heterocycles. The van der Waals surface area contributed by atoms with Gasteiger partial charge < -0.3 is 4.74 Å². The molecule has 1 aliphatic rings. The van der Waals surface area contributed by atoms with E-state index >= 15 is 0 Å². The van der Waals surface area contributed by atoms with E-state index in [1.807, 2.05) is 0 Å². The van der Waals surface area contributed by atoms with Crippen LogP contribution in [-0.2, 0) is 15.5 Å². The van der Waals surface area contributed by atoms with Gasteiger partial charge in [0, 0.05) is 18.4 Å². The van der Waals surface area contributed by atoms with Crippen molar-refractivity contribution in [2.24, 2.45) is 0 Å². The minimum Gasteiger partial charge on any atom is -0.372 e. The molecule has 1 aromatic rings. The van der Waals surface area contributed by atoms with Crippen molar-refractivity contribution >= 4 is 5.78 Å². The number of carbonyl (C=O) groups excluding carboxylic acids is 1. The van der Waals surface area contributed by atoms with Crippen molar-refractivity contribution < 1.29 is 18.3 Å². The Morgan fingerprint density at radius 3 is 2.39 bits per heavy atom. The van der Waals surface area contributed by atoms with E-state index in [1.165, 1.54) is 12.1 Å². The van der Waals surface area contributed by atoms with Crippen molar-refractivity contribution in [1.82, 2.24) is 0 Å². The Hall–Kier alpha value is -1.29. The predicted octanol–water partition coefficient (Wildman–Crippen LogP) is 3.31. The van der Waals surface area contributed by atoms with Crippen LogP contribution in [0.2, 0.25) is 0 Å². The van der Waals surface area contributed by atoms with Gasteiger partial charge in [0.15, 0.2) is 0 Å². The summed E-state index contributed by atoms with van der Waals surface area (Å²) < 4.78 is 32.8. The second-order valence-corrected chi connectivity index (χ2v) is 4.62. The molecule has 98 valence electrons. The number of hydrogen-bond donors (Lipinski definition) is 0. The highest BCUT2D eigenvalue weighted by Gasteiger charge is 2.33. The summed E-state index contributed by atoms with van der Waals surface area (Å²) in [6.45, 7) is -0.615. The molecule has 1 fully saturated rings. The van der Waals surface area contributed by atoms with Crippen LogP contribution >= 0.6 is 0 Å². The lowest BCUT2D eigenvalue weighted by Gasteiger charge is -2.24. The number of ketones is 1. The summed E-state index contributed by atoms with van der Waals surface area (Å²) in [4.78, 5) is 11.0. The van der Waals surface area contributed by atoms with Gasteiger partial charge in [0.25, 0.3) is 5.92 Å². The largest absolute Gasteiger partial charge is 0.372 e. The fourth-order valence-corrected chi connectivity index (χ4v) is 2.07. The summed E-state index contributed by atoms with van der Waals surface area (Å²) in [5.41, 5.74) is -0.0307. The SMILES string of the molecule is O=C1CCC(OCC(F)(F)c2ccccc2)CC1. The van der Waals surface area contributed by atoms with Gasteiger partial charge in [-0.25, -0.2) is 0 Å². The smallest absolute Gasteiger partial charge is 0.296 e. The van der Waals surface area contributed by atoms with Gasteiger partial charge in [0.1, 0.15) is 12.4 Å². The zero-order valence-corrected chi connectivity index (χ0v) is 10.1. The maximum Gasteiger partial charge on any atom is 0.296 e. The molecule has 4 heteroatoms. The molecule has 0 aromatic heterocycles. The molecule has 0 aliphatic heterocycles. The summed E-state index contributed by atoms with van der Waals surface area (Å²) in [5, 5.41) is 0. The second-order valence-electron chi connectivity index (χ2n) is 4.62. The van der Waals surface area contributed by atoms with E-state index in [1.54, 1.807) is 18.2 Å². The number of halogens is 2. The normalized spacial score (nSPS) is 18.0. The lowest BCUT2D eigenvalue weighted by Crippen LogP contribution is -2.28. The van der Waals surface area contributed by atoms with Crippen LogP contribution < -0.4 is 0 Å². The number of Topliss-reactive ketones (excluding diaryl/α,β-unsaturated/α-hetero) is 1. The van der Waals surface area contributed by atoms with E-state index in [0.29, 0.717) is 25.7 Å². The fourth-order valence-electron chi connectivity index (χ4n) is 2.07. The van der Waals surface area contributed by atoms with E-state index < -0.39 is 12.5 Å². The van der Waals surface area contributed by atoms with Crippen molar-refractivity contribution in [2.75, 3.05) is 6.61 Å². The van der Waals surface area contributed by atoms with E-state index in [-0.39, 0.29) is 17.5 Å². The Balaban J connectivity index is 1.87. The number of benzene rings is 1. The molecule has 1 aliphatic carbocycles. The summed E-state index contributed by atoms with van der Waals surface area (Å²) in [7, 11) is 0. The third kappa shape index (κ3) is 3.35. The average molecular weight is 254 g/mol. The quantitative estimate of drug-likeness (QED) is 0.824. The van der Waals surface area contributed by atoms with Gasteiger partial charge >= 0.3 is 0 Å². The van der Waals surface area contributed by atoms with Crippen molar-refractivity contribution in [1.29, 1.82) is 0 Å². The summed E-state index contributed by atoms with van der Waals surface area (Å²) >= 11 is 0. The lowest BCUT2D eigenvalue weighted by molar-refractivity contribution is -0.129. The standard InChI is InChI=1S/C14H16F2O2/c15-14(16,11-4-2-1-3-5-11)10-18-13-8-6-12(17)7-9-13/h1-5,13H,6-10H2. The van der Waals surface area contributed by atoms with Crippen LogP contribution in [0.4, 0.5) is 8.78 Å². The highest BCUT2D eigenvalue weighted by atomic mass is 19.3. The molecule has 0 unspecified atom stereocenters.